The van der Waals surface area contributed by atoms with Crippen LogP contribution >= 0.6 is 0 Å². The predicted octanol–water partition coefficient (Wildman–Crippen LogP) is 1.11. The van der Waals surface area contributed by atoms with Crippen LogP contribution in [0.25, 0.3) is 0 Å². The molecule has 0 saturated carbocycles. The monoisotopic (exact) mass is 306 g/mol. The number of hydrogen-bond acceptors (Lipinski definition) is 5. The van der Waals surface area contributed by atoms with E-state index in [0.29, 0.717) is 0 Å². The molecule has 1 rings (SSSR count). The molecule has 0 atom stereocenters. The summed E-state index contributed by atoms with van der Waals surface area (Å²) in [7, 11) is 1.18. The molecular formula is C12H13F3N2O4. The molecule has 1 aromatic rings. The normalized spacial score (nSPS) is 10.9. The minimum Gasteiger partial charge on any atom is -0.482 e. The number of carbonyl (C=O) groups excluding carboxylic acids is 2. The van der Waals surface area contributed by atoms with Crippen LogP contribution in [-0.2, 0) is 9.53 Å². The number of rotatable bonds is 5. The fourth-order valence-electron chi connectivity index (χ4n) is 1.30. The molecule has 6 nitrogen and oxygen atoms in total. The van der Waals surface area contributed by atoms with Crippen molar-refractivity contribution in [2.24, 2.45) is 0 Å². The smallest absolute Gasteiger partial charge is 0.405 e. The molecule has 0 heterocycles. The predicted molar refractivity (Wildman–Crippen MR) is 66.8 cm³/mol. The SMILES string of the molecule is COC(=O)c1ccc(N)c(OCC(=O)NCC(F)(F)F)c1. The number of halogens is 3. The summed E-state index contributed by atoms with van der Waals surface area (Å²) in [6, 6.07) is 3.98. The Morgan fingerprint density at radius 1 is 1.33 bits per heavy atom. The van der Waals surface area contributed by atoms with Gasteiger partial charge in [0.1, 0.15) is 12.3 Å². The van der Waals surface area contributed by atoms with Crippen LogP contribution in [0.2, 0.25) is 0 Å². The molecule has 0 fully saturated rings. The van der Waals surface area contributed by atoms with Crippen molar-refractivity contribution in [3.05, 3.63) is 23.8 Å². The molecule has 0 aliphatic carbocycles. The molecule has 0 radical (unpaired) electrons. The molecule has 21 heavy (non-hydrogen) atoms. The van der Waals surface area contributed by atoms with Crippen LogP contribution in [0.1, 0.15) is 10.4 Å². The second kappa shape index (κ2) is 6.82. The van der Waals surface area contributed by atoms with Crippen molar-refractivity contribution >= 4 is 17.6 Å². The van der Waals surface area contributed by atoms with Crippen molar-refractivity contribution in [2.45, 2.75) is 6.18 Å². The average molecular weight is 306 g/mol. The highest BCUT2D eigenvalue weighted by atomic mass is 19.4. The van der Waals surface area contributed by atoms with Crippen molar-refractivity contribution in [2.75, 3.05) is 26.0 Å². The highest BCUT2D eigenvalue weighted by molar-refractivity contribution is 5.90. The van der Waals surface area contributed by atoms with Crippen molar-refractivity contribution in [1.29, 1.82) is 0 Å². The molecule has 0 bridgehead atoms. The Bertz CT molecular complexity index is 532. The second-order valence-electron chi connectivity index (χ2n) is 3.92. The standard InChI is InChI=1S/C12H13F3N2O4/c1-20-11(19)7-2-3-8(16)9(4-7)21-5-10(18)17-6-12(13,14)15/h2-4H,5-6,16H2,1H3,(H,17,18). The zero-order valence-corrected chi connectivity index (χ0v) is 11.0. The zero-order valence-electron chi connectivity index (χ0n) is 11.0. The molecule has 0 spiro atoms. The van der Waals surface area contributed by atoms with Crippen LogP contribution in [0, 0.1) is 0 Å². The van der Waals surface area contributed by atoms with Gasteiger partial charge in [-0.2, -0.15) is 13.2 Å². The van der Waals surface area contributed by atoms with E-state index in [1.165, 1.54) is 25.3 Å². The minimum absolute atomic E-state index is 0.0000543. The Balaban J connectivity index is 2.62. The van der Waals surface area contributed by atoms with E-state index in [4.69, 9.17) is 10.5 Å². The Labute approximate surface area is 118 Å². The average Bonchev–Trinajstić information content (AvgIpc) is 2.42. The number of nitrogens with two attached hydrogens (primary N) is 1. The van der Waals surface area contributed by atoms with Crippen LogP contribution in [-0.4, -0.2) is 38.3 Å². The lowest BCUT2D eigenvalue weighted by molar-refractivity contribution is -0.139. The lowest BCUT2D eigenvalue weighted by atomic mass is 10.2. The van der Waals surface area contributed by atoms with Crippen molar-refractivity contribution in [1.82, 2.24) is 5.32 Å². The number of anilines is 1. The summed E-state index contributed by atoms with van der Waals surface area (Å²) in [6.45, 7) is -2.11. The number of amides is 1. The van der Waals surface area contributed by atoms with Crippen LogP contribution < -0.4 is 15.8 Å². The quantitative estimate of drug-likeness (QED) is 0.628. The van der Waals surface area contributed by atoms with Gasteiger partial charge in [0.15, 0.2) is 6.61 Å². The zero-order chi connectivity index (χ0) is 16.0. The van der Waals surface area contributed by atoms with Gasteiger partial charge in [-0.15, -0.1) is 0 Å². The van der Waals surface area contributed by atoms with Gasteiger partial charge in [-0.1, -0.05) is 0 Å². The lowest BCUT2D eigenvalue weighted by Crippen LogP contribution is -2.36. The van der Waals surface area contributed by atoms with Crippen molar-refractivity contribution in [3.8, 4) is 5.75 Å². The summed E-state index contributed by atoms with van der Waals surface area (Å²) in [4.78, 5) is 22.5. The van der Waals surface area contributed by atoms with E-state index in [0.717, 1.165) is 0 Å². The van der Waals surface area contributed by atoms with E-state index in [1.807, 2.05) is 0 Å². The minimum atomic E-state index is -4.50. The van der Waals surface area contributed by atoms with Crippen LogP contribution in [0.3, 0.4) is 0 Å². The first-order valence-corrected chi connectivity index (χ1v) is 5.67. The number of alkyl halides is 3. The van der Waals surface area contributed by atoms with E-state index < -0.39 is 31.2 Å². The van der Waals surface area contributed by atoms with E-state index in [9.17, 15) is 22.8 Å². The van der Waals surface area contributed by atoms with Crippen LogP contribution in [0.4, 0.5) is 18.9 Å². The molecule has 116 valence electrons. The van der Waals surface area contributed by atoms with Gasteiger partial charge < -0.3 is 20.5 Å². The third kappa shape index (κ3) is 5.59. The van der Waals surface area contributed by atoms with Crippen LogP contribution in [0.5, 0.6) is 5.75 Å². The fraction of sp³-hybridized carbons (Fsp3) is 0.333. The summed E-state index contributed by atoms with van der Waals surface area (Å²) < 4.78 is 45.2. The molecule has 0 aromatic heterocycles. The Hall–Kier alpha value is -2.45. The van der Waals surface area contributed by atoms with E-state index in [2.05, 4.69) is 4.74 Å². The first-order chi connectivity index (χ1) is 9.73. The van der Waals surface area contributed by atoms with Gasteiger partial charge in [0.05, 0.1) is 18.4 Å². The molecule has 1 aromatic carbocycles. The van der Waals surface area contributed by atoms with Gasteiger partial charge in [-0.3, -0.25) is 4.79 Å². The first-order valence-electron chi connectivity index (χ1n) is 5.67. The number of methoxy groups -OCH3 is 1. The van der Waals surface area contributed by atoms with Gasteiger partial charge in [-0.05, 0) is 18.2 Å². The lowest BCUT2D eigenvalue weighted by Gasteiger charge is -2.11. The second-order valence-corrected chi connectivity index (χ2v) is 3.92. The summed E-state index contributed by atoms with van der Waals surface area (Å²) in [5.74, 6) is -1.60. The van der Waals surface area contributed by atoms with Gasteiger partial charge in [-0.25, -0.2) is 4.79 Å². The Morgan fingerprint density at radius 3 is 2.57 bits per heavy atom. The number of hydrogen-bond donors (Lipinski definition) is 2. The molecule has 1 amide bonds. The van der Waals surface area contributed by atoms with E-state index in [1.54, 1.807) is 5.32 Å². The van der Waals surface area contributed by atoms with Crippen molar-refractivity contribution in [3.63, 3.8) is 0 Å². The maximum absolute atomic E-state index is 11.9. The molecule has 0 aliphatic rings. The van der Waals surface area contributed by atoms with E-state index in [-0.39, 0.29) is 17.0 Å². The van der Waals surface area contributed by atoms with Gasteiger partial charge >= 0.3 is 12.1 Å². The number of nitrogen functional groups attached to an aromatic ring is 1. The maximum atomic E-state index is 11.9. The molecule has 0 unspecified atom stereocenters. The van der Waals surface area contributed by atoms with Crippen molar-refractivity contribution < 1.29 is 32.2 Å². The fourth-order valence-corrected chi connectivity index (χ4v) is 1.30. The number of carbonyl (C=O) groups is 2. The van der Waals surface area contributed by atoms with E-state index >= 15 is 0 Å². The molecule has 9 heteroatoms. The summed E-state index contributed by atoms with van der Waals surface area (Å²) in [6.07, 6.45) is -4.50. The Morgan fingerprint density at radius 2 is 2.00 bits per heavy atom. The number of esters is 1. The molecule has 3 N–H and O–H groups in total. The van der Waals surface area contributed by atoms with Gasteiger partial charge in [0, 0.05) is 0 Å². The number of nitrogens with one attached hydrogen (secondary N) is 1. The highest BCUT2D eigenvalue weighted by Crippen LogP contribution is 2.23. The van der Waals surface area contributed by atoms with Gasteiger partial charge in [0.25, 0.3) is 5.91 Å². The molecule has 0 aliphatic heterocycles. The summed E-state index contributed by atoms with van der Waals surface area (Å²) in [5, 5.41) is 1.64. The highest BCUT2D eigenvalue weighted by Gasteiger charge is 2.27. The summed E-state index contributed by atoms with van der Waals surface area (Å²) in [5.41, 5.74) is 5.84. The summed E-state index contributed by atoms with van der Waals surface area (Å²) >= 11 is 0. The number of ether oxygens (including phenoxy) is 2. The first kappa shape index (κ1) is 16.6. The topological polar surface area (TPSA) is 90.7 Å². The van der Waals surface area contributed by atoms with Gasteiger partial charge in [0.2, 0.25) is 0 Å². The maximum Gasteiger partial charge on any atom is 0.405 e. The third-order valence-corrected chi connectivity index (χ3v) is 2.28. The Kier molecular flexibility index (Phi) is 5.39. The number of benzene rings is 1. The molecular weight excluding hydrogens is 293 g/mol. The third-order valence-electron chi connectivity index (χ3n) is 2.28. The largest absolute Gasteiger partial charge is 0.482 e. The van der Waals surface area contributed by atoms with Crippen LogP contribution in [0.15, 0.2) is 18.2 Å². The molecule has 0 saturated heterocycles.